The van der Waals surface area contributed by atoms with Crippen molar-refractivity contribution in [3.8, 4) is 11.3 Å². The molecule has 4 heterocycles. The monoisotopic (exact) mass is 439 g/mol. The van der Waals surface area contributed by atoms with E-state index in [4.69, 9.17) is 19.2 Å². The van der Waals surface area contributed by atoms with Gasteiger partial charge in [0.05, 0.1) is 12.3 Å². The van der Waals surface area contributed by atoms with Crippen LogP contribution in [0.2, 0.25) is 0 Å². The lowest BCUT2D eigenvalue weighted by Gasteiger charge is -2.25. The van der Waals surface area contributed by atoms with Crippen molar-refractivity contribution in [2.75, 3.05) is 32.1 Å². The highest BCUT2D eigenvalue weighted by Crippen LogP contribution is 2.29. The van der Waals surface area contributed by atoms with Gasteiger partial charge in [0.2, 0.25) is 5.91 Å². The van der Waals surface area contributed by atoms with Crippen molar-refractivity contribution >= 4 is 17.4 Å². The van der Waals surface area contributed by atoms with Crippen molar-refractivity contribution in [1.82, 2.24) is 19.5 Å². The van der Waals surface area contributed by atoms with Crippen molar-refractivity contribution in [3.05, 3.63) is 34.9 Å². The summed E-state index contributed by atoms with van der Waals surface area (Å²) in [5, 5.41) is 8.49. The first kappa shape index (κ1) is 22.3. The van der Waals surface area contributed by atoms with Gasteiger partial charge in [-0.1, -0.05) is 6.92 Å². The van der Waals surface area contributed by atoms with Crippen LogP contribution < -0.4 is 5.32 Å². The van der Waals surface area contributed by atoms with Crippen molar-refractivity contribution in [2.45, 2.75) is 59.4 Å². The Morgan fingerprint density at radius 2 is 2.09 bits per heavy atom. The van der Waals surface area contributed by atoms with E-state index in [9.17, 15) is 4.79 Å². The first-order chi connectivity index (χ1) is 15.4. The number of aryl methyl sites for hydroxylation is 3. The highest BCUT2D eigenvalue weighted by molar-refractivity contribution is 5.78. The van der Waals surface area contributed by atoms with Crippen LogP contribution in [0.15, 0.2) is 16.5 Å². The molecule has 172 valence electrons. The van der Waals surface area contributed by atoms with Gasteiger partial charge in [0, 0.05) is 55.5 Å². The molecule has 1 unspecified atom stereocenters. The first-order valence-electron chi connectivity index (χ1n) is 11.4. The number of fused-ring (bicyclic) bond motifs is 1. The Bertz CT molecular complexity index is 1120. The number of carbonyl (C=O) groups is 1. The van der Waals surface area contributed by atoms with Crippen LogP contribution in [-0.2, 0) is 16.0 Å². The van der Waals surface area contributed by atoms with Crippen molar-refractivity contribution in [1.29, 1.82) is 0 Å². The third-order valence-corrected chi connectivity index (χ3v) is 6.34. The number of ether oxygens (including phenoxy) is 1. The molecule has 4 rings (SSSR count). The van der Waals surface area contributed by atoms with Gasteiger partial charge in [0.15, 0.2) is 5.65 Å². The van der Waals surface area contributed by atoms with Gasteiger partial charge in [-0.3, -0.25) is 4.79 Å². The second kappa shape index (κ2) is 9.32. The normalized spacial score (nSPS) is 16.5. The van der Waals surface area contributed by atoms with Gasteiger partial charge >= 0.3 is 0 Å². The van der Waals surface area contributed by atoms with E-state index in [2.05, 4.69) is 12.2 Å². The molecule has 0 saturated carbocycles. The van der Waals surface area contributed by atoms with Crippen LogP contribution in [0.1, 0.15) is 49.0 Å². The number of carbonyl (C=O) groups excluding carboxylic acids is 1. The summed E-state index contributed by atoms with van der Waals surface area (Å²) < 4.78 is 12.8. The predicted molar refractivity (Wildman–Crippen MR) is 124 cm³/mol. The number of nitrogens with one attached hydrogen (secondary N) is 1. The zero-order chi connectivity index (χ0) is 22.8. The van der Waals surface area contributed by atoms with E-state index in [0.717, 1.165) is 71.3 Å². The average molecular weight is 440 g/mol. The molecule has 1 saturated heterocycles. The number of anilines is 1. The fourth-order valence-electron chi connectivity index (χ4n) is 4.72. The van der Waals surface area contributed by atoms with Gasteiger partial charge < -0.3 is 19.4 Å². The van der Waals surface area contributed by atoms with Gasteiger partial charge in [-0.2, -0.15) is 9.61 Å². The molecule has 32 heavy (non-hydrogen) atoms. The number of nitrogens with zero attached hydrogens (tertiary/aromatic N) is 4. The van der Waals surface area contributed by atoms with E-state index < -0.39 is 0 Å². The molecular formula is C24H33N5O3. The maximum absolute atomic E-state index is 12.2. The zero-order valence-electron chi connectivity index (χ0n) is 19.7. The molecule has 8 heteroatoms. The Labute approximate surface area is 188 Å². The third kappa shape index (κ3) is 4.24. The van der Waals surface area contributed by atoms with Crippen LogP contribution >= 0.6 is 0 Å². The SMILES string of the molecule is CCc1c(C)nc2cc(-c3cc(C)oc3C)nn2c1NCCC1CCC(=O)N1CCOC. The minimum Gasteiger partial charge on any atom is -0.466 e. The van der Waals surface area contributed by atoms with Gasteiger partial charge in [0.1, 0.15) is 17.3 Å². The summed E-state index contributed by atoms with van der Waals surface area (Å²) in [6, 6.07) is 4.28. The molecule has 1 amide bonds. The molecule has 0 radical (unpaired) electrons. The standard InChI is InChI=1S/C24H33N5O3/c1-6-19-16(3)26-22-14-21(20-13-15(2)32-17(20)4)27-29(22)24(19)25-10-9-18-7-8-23(30)28(18)11-12-31-5/h13-14,18,25H,6-12H2,1-5H3. The number of hydrogen-bond donors (Lipinski definition) is 1. The number of rotatable bonds is 9. The summed E-state index contributed by atoms with van der Waals surface area (Å²) in [6.45, 7) is 10.1. The Hall–Kier alpha value is -2.87. The maximum atomic E-state index is 12.2. The minimum atomic E-state index is 0.228. The zero-order valence-corrected chi connectivity index (χ0v) is 19.7. The topological polar surface area (TPSA) is 84.9 Å². The lowest BCUT2D eigenvalue weighted by Crippen LogP contribution is -2.36. The quantitative estimate of drug-likeness (QED) is 0.544. The van der Waals surface area contributed by atoms with Crippen LogP contribution in [0.4, 0.5) is 5.82 Å². The van der Waals surface area contributed by atoms with Gasteiger partial charge in [0.25, 0.3) is 0 Å². The Morgan fingerprint density at radius 3 is 2.78 bits per heavy atom. The summed E-state index contributed by atoms with van der Waals surface area (Å²) in [4.78, 5) is 19.0. The van der Waals surface area contributed by atoms with E-state index in [-0.39, 0.29) is 11.9 Å². The summed E-state index contributed by atoms with van der Waals surface area (Å²) >= 11 is 0. The van der Waals surface area contributed by atoms with E-state index in [1.807, 2.05) is 42.3 Å². The molecule has 0 spiro atoms. The van der Waals surface area contributed by atoms with Crippen molar-refractivity contribution < 1.29 is 13.9 Å². The van der Waals surface area contributed by atoms with Gasteiger partial charge in [-0.05, 0) is 46.1 Å². The number of methoxy groups -OCH3 is 1. The minimum absolute atomic E-state index is 0.228. The maximum Gasteiger partial charge on any atom is 0.222 e. The average Bonchev–Trinajstić information content (AvgIpc) is 3.43. The van der Waals surface area contributed by atoms with E-state index in [1.165, 1.54) is 0 Å². The highest BCUT2D eigenvalue weighted by Gasteiger charge is 2.30. The molecule has 0 aliphatic carbocycles. The number of hydrogen-bond acceptors (Lipinski definition) is 6. The molecule has 1 N–H and O–H groups in total. The molecular weight excluding hydrogens is 406 g/mol. The smallest absolute Gasteiger partial charge is 0.222 e. The third-order valence-electron chi connectivity index (χ3n) is 6.34. The van der Waals surface area contributed by atoms with Crippen LogP contribution in [0.5, 0.6) is 0 Å². The van der Waals surface area contributed by atoms with Gasteiger partial charge in [-0.15, -0.1) is 0 Å². The second-order valence-corrected chi connectivity index (χ2v) is 8.49. The Balaban J connectivity index is 1.58. The molecule has 0 bridgehead atoms. The number of amides is 1. The van der Waals surface area contributed by atoms with Crippen LogP contribution in [-0.4, -0.2) is 58.3 Å². The van der Waals surface area contributed by atoms with Crippen molar-refractivity contribution in [2.24, 2.45) is 0 Å². The molecule has 1 aliphatic rings. The van der Waals surface area contributed by atoms with Crippen LogP contribution in [0.3, 0.4) is 0 Å². The fourth-order valence-corrected chi connectivity index (χ4v) is 4.72. The number of likely N-dealkylation sites (tertiary alicyclic amines) is 1. The van der Waals surface area contributed by atoms with Crippen LogP contribution in [0, 0.1) is 20.8 Å². The molecule has 1 aliphatic heterocycles. The summed E-state index contributed by atoms with van der Waals surface area (Å²) in [6.07, 6.45) is 3.27. The lowest BCUT2D eigenvalue weighted by molar-refractivity contribution is -0.129. The second-order valence-electron chi connectivity index (χ2n) is 8.49. The summed E-state index contributed by atoms with van der Waals surface area (Å²) in [5.74, 6) is 2.93. The Morgan fingerprint density at radius 1 is 1.28 bits per heavy atom. The molecule has 1 atom stereocenters. The first-order valence-corrected chi connectivity index (χ1v) is 11.4. The Kier molecular flexibility index (Phi) is 6.50. The van der Waals surface area contributed by atoms with Crippen LogP contribution in [0.25, 0.3) is 16.9 Å². The lowest BCUT2D eigenvalue weighted by atomic mass is 10.1. The highest BCUT2D eigenvalue weighted by atomic mass is 16.5. The molecule has 3 aromatic heterocycles. The molecule has 0 aromatic carbocycles. The molecule has 1 fully saturated rings. The summed E-state index contributed by atoms with van der Waals surface area (Å²) in [5.41, 5.74) is 4.83. The van der Waals surface area contributed by atoms with E-state index >= 15 is 0 Å². The predicted octanol–water partition coefficient (Wildman–Crippen LogP) is 3.92. The fraction of sp³-hybridized carbons (Fsp3) is 0.542. The summed E-state index contributed by atoms with van der Waals surface area (Å²) in [7, 11) is 1.67. The number of furan rings is 1. The largest absolute Gasteiger partial charge is 0.466 e. The van der Waals surface area contributed by atoms with E-state index in [0.29, 0.717) is 19.6 Å². The molecule has 3 aromatic rings. The molecule has 8 nitrogen and oxygen atoms in total. The van der Waals surface area contributed by atoms with Crippen molar-refractivity contribution in [3.63, 3.8) is 0 Å². The number of aromatic nitrogens is 3. The van der Waals surface area contributed by atoms with E-state index in [1.54, 1.807) is 7.11 Å². The van der Waals surface area contributed by atoms with Gasteiger partial charge in [-0.25, -0.2) is 4.98 Å².